The summed E-state index contributed by atoms with van der Waals surface area (Å²) in [5.74, 6) is -0.987. The van der Waals surface area contributed by atoms with Crippen LogP contribution in [-0.2, 0) is 9.36 Å². The van der Waals surface area contributed by atoms with Gasteiger partial charge in [-0.3, -0.25) is 9.88 Å². The third-order valence-electron chi connectivity index (χ3n) is 0.611. The van der Waals surface area contributed by atoms with Gasteiger partial charge in [0.05, 0.1) is 6.54 Å². The highest BCUT2D eigenvalue weighted by atomic mass is 31.2. The van der Waals surface area contributed by atoms with Crippen molar-refractivity contribution in [2.75, 3.05) is 19.9 Å². The maximum atomic E-state index is 10.7. The van der Waals surface area contributed by atoms with Gasteiger partial charge in [0.1, 0.15) is 7.29 Å². The molecule has 0 aromatic rings. The van der Waals surface area contributed by atoms with Crippen LogP contribution in [0.1, 0.15) is 0 Å². The van der Waals surface area contributed by atoms with Gasteiger partial charge in [-0.1, -0.05) is 0 Å². The molecule has 0 aromatic carbocycles. The molecule has 0 fully saturated rings. The Bertz CT molecular complexity index is 150. The van der Waals surface area contributed by atoms with Gasteiger partial charge in [-0.05, 0) is 0 Å². The minimum Gasteiger partial charge on any atom is -0.480 e. The van der Waals surface area contributed by atoms with E-state index in [9.17, 15) is 9.36 Å². The standard InChI is InChI=1S/C4H10NO3P/c1-9(2,8)5-3-4(6)7/h3H2,1-2H3,(H,5,8)(H,6,7). The van der Waals surface area contributed by atoms with Crippen molar-refractivity contribution in [1.29, 1.82) is 0 Å². The number of carboxylic acids is 1. The fourth-order valence-electron chi connectivity index (χ4n) is 0.258. The Morgan fingerprint density at radius 2 is 2.11 bits per heavy atom. The molecule has 0 spiro atoms. The fraction of sp³-hybridized carbons (Fsp3) is 0.750. The minimum atomic E-state index is -2.35. The zero-order chi connectivity index (χ0) is 7.49. The predicted molar refractivity (Wildman–Crippen MR) is 35.1 cm³/mol. The van der Waals surface area contributed by atoms with Gasteiger partial charge in [0, 0.05) is 13.3 Å². The van der Waals surface area contributed by atoms with Crippen LogP contribution in [0.15, 0.2) is 0 Å². The average molecular weight is 151 g/mol. The van der Waals surface area contributed by atoms with Crippen LogP contribution < -0.4 is 5.09 Å². The molecule has 0 unspecified atom stereocenters. The quantitative estimate of drug-likeness (QED) is 0.565. The van der Waals surface area contributed by atoms with E-state index in [0.717, 1.165) is 0 Å². The zero-order valence-corrected chi connectivity index (χ0v) is 6.31. The zero-order valence-electron chi connectivity index (χ0n) is 5.42. The predicted octanol–water partition coefficient (Wildman–Crippen LogP) is 0.198. The van der Waals surface area contributed by atoms with E-state index >= 15 is 0 Å². The van der Waals surface area contributed by atoms with Crippen molar-refractivity contribution in [2.24, 2.45) is 0 Å². The van der Waals surface area contributed by atoms with Crippen molar-refractivity contribution in [1.82, 2.24) is 5.09 Å². The van der Waals surface area contributed by atoms with E-state index in [1.807, 2.05) is 0 Å². The summed E-state index contributed by atoms with van der Waals surface area (Å²) in [7, 11) is -2.35. The van der Waals surface area contributed by atoms with Gasteiger partial charge in [0.15, 0.2) is 0 Å². The number of carboxylic acid groups (broad SMARTS) is 1. The summed E-state index contributed by atoms with van der Waals surface area (Å²) in [5.41, 5.74) is 0. The average Bonchev–Trinajstić information content (AvgIpc) is 1.59. The van der Waals surface area contributed by atoms with Crippen LogP contribution in [0.2, 0.25) is 0 Å². The molecule has 0 bridgehead atoms. The molecule has 0 aliphatic carbocycles. The number of aliphatic carboxylic acids is 1. The van der Waals surface area contributed by atoms with E-state index in [4.69, 9.17) is 5.11 Å². The summed E-state index contributed by atoms with van der Waals surface area (Å²) >= 11 is 0. The van der Waals surface area contributed by atoms with E-state index < -0.39 is 13.3 Å². The molecule has 0 aliphatic rings. The number of hydrogen-bond donors (Lipinski definition) is 2. The molecule has 9 heavy (non-hydrogen) atoms. The second-order valence-electron chi connectivity index (χ2n) is 2.08. The Hall–Kier alpha value is -0.340. The first-order chi connectivity index (χ1) is 3.92. The smallest absolute Gasteiger partial charge is 0.317 e. The molecule has 0 rings (SSSR count). The molecule has 0 aliphatic heterocycles. The van der Waals surface area contributed by atoms with Crippen LogP contribution in [-0.4, -0.2) is 31.0 Å². The number of rotatable bonds is 3. The molecule has 54 valence electrons. The highest BCUT2D eigenvalue weighted by Gasteiger charge is 2.06. The first-order valence-electron chi connectivity index (χ1n) is 2.44. The van der Waals surface area contributed by atoms with Gasteiger partial charge in [-0.15, -0.1) is 0 Å². The van der Waals surface area contributed by atoms with E-state index in [-0.39, 0.29) is 6.54 Å². The third-order valence-corrected chi connectivity index (χ3v) is 1.53. The monoisotopic (exact) mass is 151 g/mol. The molecule has 0 amide bonds. The summed E-state index contributed by atoms with van der Waals surface area (Å²) < 4.78 is 10.7. The molecule has 0 atom stereocenters. The van der Waals surface area contributed by atoms with Crippen molar-refractivity contribution < 1.29 is 14.5 Å². The summed E-state index contributed by atoms with van der Waals surface area (Å²) in [4.78, 5) is 9.86. The van der Waals surface area contributed by atoms with Gasteiger partial charge in [-0.25, -0.2) is 0 Å². The van der Waals surface area contributed by atoms with Crippen LogP contribution in [0.3, 0.4) is 0 Å². The van der Waals surface area contributed by atoms with Gasteiger partial charge >= 0.3 is 5.97 Å². The van der Waals surface area contributed by atoms with Crippen molar-refractivity contribution in [3.63, 3.8) is 0 Å². The molecular formula is C4H10NO3P. The Balaban J connectivity index is 3.53. The lowest BCUT2D eigenvalue weighted by Gasteiger charge is -2.04. The molecule has 0 heterocycles. The first kappa shape index (κ1) is 8.66. The van der Waals surface area contributed by atoms with Crippen molar-refractivity contribution in [3.8, 4) is 0 Å². The first-order valence-corrected chi connectivity index (χ1v) is 5.04. The van der Waals surface area contributed by atoms with Crippen LogP contribution in [0.25, 0.3) is 0 Å². The van der Waals surface area contributed by atoms with Crippen LogP contribution in [0, 0.1) is 0 Å². The van der Waals surface area contributed by atoms with Gasteiger partial charge in [0.25, 0.3) is 0 Å². The molecule has 0 radical (unpaired) electrons. The van der Waals surface area contributed by atoms with Crippen LogP contribution in [0.5, 0.6) is 0 Å². The maximum absolute atomic E-state index is 10.7. The van der Waals surface area contributed by atoms with Gasteiger partial charge in [-0.2, -0.15) is 0 Å². The van der Waals surface area contributed by atoms with Crippen molar-refractivity contribution in [3.05, 3.63) is 0 Å². The summed E-state index contributed by atoms with van der Waals surface area (Å²) in [5, 5.41) is 10.5. The Labute approximate surface area is 53.7 Å². The van der Waals surface area contributed by atoms with Crippen molar-refractivity contribution in [2.45, 2.75) is 0 Å². The second-order valence-corrected chi connectivity index (χ2v) is 5.10. The molecule has 2 N–H and O–H groups in total. The summed E-state index contributed by atoms with van der Waals surface area (Å²) in [6, 6.07) is 0. The molecule has 4 nitrogen and oxygen atoms in total. The van der Waals surface area contributed by atoms with Crippen molar-refractivity contribution >= 4 is 13.3 Å². The number of nitrogens with one attached hydrogen (secondary N) is 1. The topological polar surface area (TPSA) is 66.4 Å². The second kappa shape index (κ2) is 2.99. The van der Waals surface area contributed by atoms with E-state index in [1.165, 1.54) is 13.3 Å². The minimum absolute atomic E-state index is 0.232. The normalized spacial score (nSPS) is 11.3. The molecular weight excluding hydrogens is 141 g/mol. The van der Waals surface area contributed by atoms with Crippen LogP contribution in [0.4, 0.5) is 0 Å². The summed E-state index contributed by atoms with van der Waals surface area (Å²) in [6.45, 7) is 2.73. The number of carbonyl (C=O) groups is 1. The lowest BCUT2D eigenvalue weighted by Crippen LogP contribution is -2.18. The Kier molecular flexibility index (Phi) is 2.88. The lowest BCUT2D eigenvalue weighted by molar-refractivity contribution is -0.135. The maximum Gasteiger partial charge on any atom is 0.317 e. The summed E-state index contributed by atoms with van der Waals surface area (Å²) in [6.07, 6.45) is 0. The SMILES string of the molecule is CP(C)(=O)NCC(=O)O. The highest BCUT2D eigenvalue weighted by Crippen LogP contribution is 2.28. The van der Waals surface area contributed by atoms with E-state index in [0.29, 0.717) is 0 Å². The largest absolute Gasteiger partial charge is 0.480 e. The Morgan fingerprint density at radius 3 is 2.22 bits per heavy atom. The van der Waals surface area contributed by atoms with E-state index in [2.05, 4.69) is 5.09 Å². The third kappa shape index (κ3) is 7.66. The lowest BCUT2D eigenvalue weighted by atomic mass is 10.7. The number of hydrogen-bond acceptors (Lipinski definition) is 2. The molecule has 0 saturated heterocycles. The molecule has 5 heteroatoms. The van der Waals surface area contributed by atoms with Crippen LogP contribution >= 0.6 is 7.29 Å². The molecule has 0 saturated carbocycles. The molecule has 0 aromatic heterocycles. The Morgan fingerprint density at radius 1 is 1.67 bits per heavy atom. The fourth-order valence-corrected chi connectivity index (χ4v) is 0.774. The highest BCUT2D eigenvalue weighted by molar-refractivity contribution is 7.60. The van der Waals surface area contributed by atoms with E-state index in [1.54, 1.807) is 0 Å². The van der Waals surface area contributed by atoms with Gasteiger partial charge in [0.2, 0.25) is 0 Å². The van der Waals surface area contributed by atoms with Gasteiger partial charge < -0.3 is 9.67 Å².